The van der Waals surface area contributed by atoms with Crippen molar-refractivity contribution >= 4 is 11.8 Å². The summed E-state index contributed by atoms with van der Waals surface area (Å²) in [6, 6.07) is 0. The lowest BCUT2D eigenvalue weighted by Crippen LogP contribution is -2.58. The maximum atomic E-state index is 6.11. The van der Waals surface area contributed by atoms with Crippen LogP contribution >= 0.6 is 11.8 Å². The van der Waals surface area contributed by atoms with Gasteiger partial charge in [-0.05, 0) is 19.3 Å². The molecule has 94 valence electrons. The van der Waals surface area contributed by atoms with Gasteiger partial charge in [0.05, 0.1) is 0 Å². The Morgan fingerprint density at radius 1 is 1.31 bits per heavy atom. The number of rotatable bonds is 3. The molecule has 1 saturated carbocycles. The lowest BCUT2D eigenvalue weighted by molar-refractivity contribution is 0.0599. The Labute approximate surface area is 104 Å². The normalized spacial score (nSPS) is 31.5. The van der Waals surface area contributed by atoms with E-state index < -0.39 is 0 Å². The molecule has 0 amide bonds. The Morgan fingerprint density at radius 2 is 2.06 bits per heavy atom. The molecule has 0 radical (unpaired) electrons. The van der Waals surface area contributed by atoms with Crippen molar-refractivity contribution in [1.82, 2.24) is 4.90 Å². The zero-order valence-corrected chi connectivity index (χ0v) is 11.4. The van der Waals surface area contributed by atoms with Gasteiger partial charge in [0.2, 0.25) is 0 Å². The van der Waals surface area contributed by atoms with E-state index in [2.05, 4.69) is 23.6 Å². The second-order valence-electron chi connectivity index (χ2n) is 5.34. The molecular formula is C13H26N2S. The topological polar surface area (TPSA) is 29.3 Å². The van der Waals surface area contributed by atoms with Crippen LogP contribution in [0.1, 0.15) is 45.4 Å². The average molecular weight is 242 g/mol. The zero-order chi connectivity index (χ0) is 11.4. The molecule has 2 nitrogen and oxygen atoms in total. The van der Waals surface area contributed by atoms with E-state index in [4.69, 9.17) is 5.73 Å². The molecule has 0 aromatic carbocycles. The predicted octanol–water partition coefficient (Wildman–Crippen LogP) is 2.48. The van der Waals surface area contributed by atoms with Crippen molar-refractivity contribution in [1.29, 1.82) is 0 Å². The van der Waals surface area contributed by atoms with Crippen molar-refractivity contribution < 1.29 is 0 Å². The lowest BCUT2D eigenvalue weighted by Gasteiger charge is -2.49. The highest BCUT2D eigenvalue weighted by atomic mass is 32.2. The summed E-state index contributed by atoms with van der Waals surface area (Å²) in [4.78, 5) is 2.73. The van der Waals surface area contributed by atoms with Crippen LogP contribution in [0, 0.1) is 0 Å². The van der Waals surface area contributed by atoms with Gasteiger partial charge in [0.1, 0.15) is 0 Å². The van der Waals surface area contributed by atoms with E-state index in [0.29, 0.717) is 5.54 Å². The summed E-state index contributed by atoms with van der Waals surface area (Å²) < 4.78 is 0. The Hall–Kier alpha value is 0.270. The van der Waals surface area contributed by atoms with Crippen molar-refractivity contribution in [3.8, 4) is 0 Å². The highest BCUT2D eigenvalue weighted by Crippen LogP contribution is 2.36. The number of thioether (sulfide) groups is 1. The minimum atomic E-state index is 0.368. The molecule has 2 N–H and O–H groups in total. The standard InChI is InChI=1S/C13H26N2S/c1-2-12-10-15(8-9-16-12)13(11-14)6-4-3-5-7-13/h12H,2-11,14H2,1H3. The van der Waals surface area contributed by atoms with Gasteiger partial charge in [-0.3, -0.25) is 4.90 Å². The summed E-state index contributed by atoms with van der Waals surface area (Å²) in [6.45, 7) is 5.72. The Bertz CT molecular complexity index is 214. The predicted molar refractivity (Wildman–Crippen MR) is 73.0 cm³/mol. The largest absolute Gasteiger partial charge is 0.329 e. The molecular weight excluding hydrogens is 216 g/mol. The van der Waals surface area contributed by atoms with Crippen molar-refractivity contribution in [2.24, 2.45) is 5.73 Å². The van der Waals surface area contributed by atoms with Gasteiger partial charge in [-0.2, -0.15) is 11.8 Å². The first-order chi connectivity index (χ1) is 7.80. The van der Waals surface area contributed by atoms with Crippen molar-refractivity contribution in [2.75, 3.05) is 25.4 Å². The molecule has 0 bridgehead atoms. The third kappa shape index (κ3) is 2.57. The molecule has 0 aromatic rings. The van der Waals surface area contributed by atoms with Gasteiger partial charge in [0, 0.05) is 36.2 Å². The maximum absolute atomic E-state index is 6.11. The molecule has 2 rings (SSSR count). The van der Waals surface area contributed by atoms with E-state index in [1.165, 1.54) is 57.4 Å². The van der Waals surface area contributed by atoms with Crippen LogP contribution in [0.2, 0.25) is 0 Å². The van der Waals surface area contributed by atoms with Crippen LogP contribution in [0.25, 0.3) is 0 Å². The lowest BCUT2D eigenvalue weighted by atomic mass is 9.80. The van der Waals surface area contributed by atoms with Gasteiger partial charge in [0.15, 0.2) is 0 Å². The first-order valence-corrected chi connectivity index (χ1v) is 7.92. The van der Waals surface area contributed by atoms with E-state index in [-0.39, 0.29) is 0 Å². The van der Waals surface area contributed by atoms with Crippen LogP contribution in [0.3, 0.4) is 0 Å². The Balaban J connectivity index is 2.01. The summed E-state index contributed by atoms with van der Waals surface area (Å²) in [5.41, 5.74) is 6.48. The van der Waals surface area contributed by atoms with Gasteiger partial charge < -0.3 is 5.73 Å². The van der Waals surface area contributed by atoms with Gasteiger partial charge in [-0.15, -0.1) is 0 Å². The van der Waals surface area contributed by atoms with Gasteiger partial charge in [-0.1, -0.05) is 26.2 Å². The number of hydrogen-bond acceptors (Lipinski definition) is 3. The van der Waals surface area contributed by atoms with E-state index in [1.807, 2.05) is 0 Å². The molecule has 2 fully saturated rings. The number of nitrogens with two attached hydrogens (primary N) is 1. The molecule has 1 atom stereocenters. The van der Waals surface area contributed by atoms with Crippen LogP contribution in [-0.2, 0) is 0 Å². The average Bonchev–Trinajstić information content (AvgIpc) is 2.39. The Morgan fingerprint density at radius 3 is 2.69 bits per heavy atom. The minimum Gasteiger partial charge on any atom is -0.329 e. The number of hydrogen-bond donors (Lipinski definition) is 1. The van der Waals surface area contributed by atoms with Gasteiger partial charge in [0.25, 0.3) is 0 Å². The molecule has 16 heavy (non-hydrogen) atoms. The van der Waals surface area contributed by atoms with Crippen molar-refractivity contribution in [3.63, 3.8) is 0 Å². The van der Waals surface area contributed by atoms with Crippen LogP contribution in [0.15, 0.2) is 0 Å². The van der Waals surface area contributed by atoms with Crippen LogP contribution < -0.4 is 5.73 Å². The molecule has 1 heterocycles. The molecule has 2 aliphatic rings. The molecule has 1 saturated heterocycles. The fourth-order valence-corrected chi connectivity index (χ4v) is 4.44. The fraction of sp³-hybridized carbons (Fsp3) is 1.00. The van der Waals surface area contributed by atoms with E-state index in [9.17, 15) is 0 Å². The van der Waals surface area contributed by atoms with Gasteiger partial charge in [-0.25, -0.2) is 0 Å². The first-order valence-electron chi connectivity index (χ1n) is 6.87. The molecule has 3 heteroatoms. The van der Waals surface area contributed by atoms with Gasteiger partial charge >= 0.3 is 0 Å². The molecule has 0 spiro atoms. The van der Waals surface area contributed by atoms with Crippen LogP contribution in [0.5, 0.6) is 0 Å². The smallest absolute Gasteiger partial charge is 0.0332 e. The van der Waals surface area contributed by atoms with Crippen molar-refractivity contribution in [3.05, 3.63) is 0 Å². The zero-order valence-electron chi connectivity index (χ0n) is 10.6. The second kappa shape index (κ2) is 5.74. The summed E-state index contributed by atoms with van der Waals surface area (Å²) in [6.07, 6.45) is 8.17. The molecule has 0 aromatic heterocycles. The second-order valence-corrected chi connectivity index (χ2v) is 6.74. The molecule has 1 aliphatic carbocycles. The molecule has 1 aliphatic heterocycles. The van der Waals surface area contributed by atoms with Crippen molar-refractivity contribution in [2.45, 2.75) is 56.2 Å². The highest BCUT2D eigenvalue weighted by Gasteiger charge is 2.38. The van der Waals surface area contributed by atoms with E-state index in [1.54, 1.807) is 0 Å². The SMILES string of the molecule is CCC1CN(C2(CN)CCCCC2)CCS1. The quantitative estimate of drug-likeness (QED) is 0.824. The maximum Gasteiger partial charge on any atom is 0.0332 e. The van der Waals surface area contributed by atoms with Crippen LogP contribution in [-0.4, -0.2) is 41.1 Å². The Kier molecular flexibility index (Phi) is 4.57. The van der Waals surface area contributed by atoms with E-state index >= 15 is 0 Å². The summed E-state index contributed by atoms with van der Waals surface area (Å²) >= 11 is 2.16. The van der Waals surface area contributed by atoms with E-state index in [0.717, 1.165) is 11.8 Å². The third-order valence-corrected chi connectivity index (χ3v) is 5.80. The molecule has 1 unspecified atom stereocenters. The first kappa shape index (κ1) is 12.7. The fourth-order valence-electron chi connectivity index (χ4n) is 3.26. The monoisotopic (exact) mass is 242 g/mol. The summed E-state index contributed by atoms with van der Waals surface area (Å²) in [5, 5.41) is 0.846. The summed E-state index contributed by atoms with van der Waals surface area (Å²) in [7, 11) is 0. The number of nitrogens with zero attached hydrogens (tertiary/aromatic N) is 1. The minimum absolute atomic E-state index is 0.368. The summed E-state index contributed by atoms with van der Waals surface area (Å²) in [5.74, 6) is 1.31. The highest BCUT2D eigenvalue weighted by molar-refractivity contribution is 8.00. The van der Waals surface area contributed by atoms with Crippen LogP contribution in [0.4, 0.5) is 0 Å². The third-order valence-electron chi connectivity index (χ3n) is 4.43.